The Morgan fingerprint density at radius 1 is 1.43 bits per heavy atom. The number of benzene rings is 1. The van der Waals surface area contributed by atoms with Gasteiger partial charge in [-0.25, -0.2) is 0 Å². The normalized spacial score (nSPS) is 10.7. The molecule has 0 bridgehead atoms. The standard InChI is InChI=1S/C7H9NO4S.Na.H/c8-6-2-1-5(4-9)7(3-6)13(10,11)12;;/h1-3,9H,4,8H2,(H,10,11,12);;/q;+1;-1. The summed E-state index contributed by atoms with van der Waals surface area (Å²) in [5.74, 6) is 0. The van der Waals surface area contributed by atoms with Crippen molar-refractivity contribution >= 4 is 15.8 Å². The molecule has 1 aromatic rings. The first-order chi connectivity index (χ1) is 5.95. The summed E-state index contributed by atoms with van der Waals surface area (Å²) < 4.78 is 30.2. The zero-order valence-corrected chi connectivity index (χ0v) is 10.5. The van der Waals surface area contributed by atoms with Gasteiger partial charge in [0.25, 0.3) is 10.1 Å². The summed E-state index contributed by atoms with van der Waals surface area (Å²) in [6.07, 6.45) is 0. The van der Waals surface area contributed by atoms with Crippen LogP contribution < -0.4 is 35.3 Å². The van der Waals surface area contributed by atoms with Gasteiger partial charge in [0.15, 0.2) is 0 Å². The van der Waals surface area contributed by atoms with Gasteiger partial charge >= 0.3 is 29.6 Å². The molecule has 0 saturated carbocycles. The van der Waals surface area contributed by atoms with Crippen LogP contribution in [0.25, 0.3) is 0 Å². The molecule has 7 heteroatoms. The second kappa shape index (κ2) is 5.11. The minimum atomic E-state index is -4.31. The fourth-order valence-electron chi connectivity index (χ4n) is 0.942. The molecule has 0 heterocycles. The van der Waals surface area contributed by atoms with E-state index >= 15 is 0 Å². The van der Waals surface area contributed by atoms with E-state index in [2.05, 4.69) is 0 Å². The Morgan fingerprint density at radius 3 is 2.43 bits per heavy atom. The predicted molar refractivity (Wildman–Crippen MR) is 47.7 cm³/mol. The third kappa shape index (κ3) is 3.23. The fourth-order valence-corrected chi connectivity index (χ4v) is 1.69. The molecule has 0 aliphatic carbocycles. The molecule has 74 valence electrons. The summed E-state index contributed by atoms with van der Waals surface area (Å²) in [6.45, 7) is -0.463. The predicted octanol–water partition coefficient (Wildman–Crippen LogP) is -2.88. The monoisotopic (exact) mass is 227 g/mol. The van der Waals surface area contributed by atoms with Crippen LogP contribution in [0.1, 0.15) is 6.99 Å². The SMILES string of the molecule is Nc1ccc(CO)c(S(=O)(=O)O)c1.[H-].[Na+]. The van der Waals surface area contributed by atoms with Gasteiger partial charge in [-0.05, 0) is 17.7 Å². The van der Waals surface area contributed by atoms with Crippen LogP contribution in [0, 0.1) is 0 Å². The van der Waals surface area contributed by atoms with Crippen molar-refractivity contribution in [2.75, 3.05) is 5.73 Å². The van der Waals surface area contributed by atoms with Crippen molar-refractivity contribution in [1.29, 1.82) is 0 Å². The Balaban J connectivity index is 0. The molecule has 0 radical (unpaired) electrons. The van der Waals surface area contributed by atoms with E-state index in [4.69, 9.17) is 15.4 Å². The molecular formula is C7H10NNaO4S. The molecule has 0 atom stereocenters. The van der Waals surface area contributed by atoms with Crippen LogP contribution in [0.3, 0.4) is 0 Å². The maximum absolute atomic E-state index is 10.8. The van der Waals surface area contributed by atoms with Gasteiger partial charge in [-0.2, -0.15) is 8.42 Å². The third-order valence-corrected chi connectivity index (χ3v) is 2.48. The quantitative estimate of drug-likeness (QED) is 0.286. The molecular weight excluding hydrogens is 217 g/mol. The maximum Gasteiger partial charge on any atom is 1.00 e. The summed E-state index contributed by atoms with van der Waals surface area (Å²) >= 11 is 0. The van der Waals surface area contributed by atoms with Crippen molar-refractivity contribution in [3.05, 3.63) is 23.8 Å². The first kappa shape index (κ1) is 13.9. The van der Waals surface area contributed by atoms with E-state index in [-0.39, 0.29) is 47.1 Å². The summed E-state index contributed by atoms with van der Waals surface area (Å²) in [7, 11) is -4.31. The minimum absolute atomic E-state index is 0. The van der Waals surface area contributed by atoms with Crippen LogP contribution >= 0.6 is 0 Å². The van der Waals surface area contributed by atoms with Crippen molar-refractivity contribution in [1.82, 2.24) is 0 Å². The number of hydrogen-bond donors (Lipinski definition) is 3. The zero-order valence-electron chi connectivity index (χ0n) is 8.64. The molecule has 4 N–H and O–H groups in total. The molecule has 0 aromatic heterocycles. The molecule has 1 rings (SSSR count). The second-order valence-corrected chi connectivity index (χ2v) is 3.89. The number of aliphatic hydroxyl groups excluding tert-OH is 1. The Labute approximate surface area is 105 Å². The van der Waals surface area contributed by atoms with E-state index in [0.29, 0.717) is 0 Å². The van der Waals surface area contributed by atoms with Crippen LogP contribution in [-0.2, 0) is 16.7 Å². The van der Waals surface area contributed by atoms with E-state index < -0.39 is 16.7 Å². The largest absolute Gasteiger partial charge is 1.00 e. The van der Waals surface area contributed by atoms with E-state index in [0.717, 1.165) is 6.07 Å². The molecule has 5 nitrogen and oxygen atoms in total. The van der Waals surface area contributed by atoms with Gasteiger partial charge in [0.1, 0.15) is 4.90 Å². The molecule has 0 aliphatic rings. The van der Waals surface area contributed by atoms with Crippen molar-refractivity contribution in [2.24, 2.45) is 0 Å². The number of nitrogens with two attached hydrogens (primary N) is 1. The van der Waals surface area contributed by atoms with Gasteiger partial charge in [-0.1, -0.05) is 6.07 Å². The Hall–Kier alpha value is -0.110. The van der Waals surface area contributed by atoms with Gasteiger partial charge in [0.05, 0.1) is 6.61 Å². The van der Waals surface area contributed by atoms with Crippen molar-refractivity contribution in [3.8, 4) is 0 Å². The van der Waals surface area contributed by atoms with Gasteiger partial charge in [-0.3, -0.25) is 4.55 Å². The van der Waals surface area contributed by atoms with Crippen molar-refractivity contribution in [2.45, 2.75) is 11.5 Å². The van der Waals surface area contributed by atoms with Gasteiger partial charge < -0.3 is 12.3 Å². The summed E-state index contributed by atoms with van der Waals surface area (Å²) in [5, 5.41) is 8.76. The number of rotatable bonds is 2. The Kier molecular flexibility index (Phi) is 5.07. The van der Waals surface area contributed by atoms with E-state index in [1.54, 1.807) is 0 Å². The first-order valence-corrected chi connectivity index (χ1v) is 4.86. The average Bonchev–Trinajstić information content (AvgIpc) is 2.03. The zero-order chi connectivity index (χ0) is 10.1. The van der Waals surface area contributed by atoms with E-state index in [9.17, 15) is 8.42 Å². The van der Waals surface area contributed by atoms with Crippen molar-refractivity contribution < 1.29 is 49.1 Å². The molecule has 0 saturated heterocycles. The van der Waals surface area contributed by atoms with E-state index in [1.807, 2.05) is 0 Å². The topological polar surface area (TPSA) is 101 Å². The first-order valence-electron chi connectivity index (χ1n) is 3.42. The number of hydrogen-bond acceptors (Lipinski definition) is 4. The second-order valence-electron chi connectivity index (χ2n) is 2.50. The third-order valence-electron chi connectivity index (χ3n) is 1.54. The Morgan fingerprint density at radius 2 is 2.00 bits per heavy atom. The Bertz CT molecular complexity index is 423. The van der Waals surface area contributed by atoms with Gasteiger partial charge in [-0.15, -0.1) is 0 Å². The summed E-state index contributed by atoms with van der Waals surface area (Å²) in [5.41, 5.74) is 5.66. The van der Waals surface area contributed by atoms with Crippen LogP contribution in [0.2, 0.25) is 0 Å². The maximum atomic E-state index is 10.8. The molecule has 0 aliphatic heterocycles. The van der Waals surface area contributed by atoms with E-state index in [1.165, 1.54) is 12.1 Å². The van der Waals surface area contributed by atoms with Crippen LogP contribution in [0.15, 0.2) is 23.1 Å². The summed E-state index contributed by atoms with van der Waals surface area (Å²) in [4.78, 5) is -0.352. The molecule has 1 aromatic carbocycles. The minimum Gasteiger partial charge on any atom is -1.00 e. The fraction of sp³-hybridized carbons (Fsp3) is 0.143. The van der Waals surface area contributed by atoms with Crippen LogP contribution in [-0.4, -0.2) is 18.1 Å². The van der Waals surface area contributed by atoms with Gasteiger partial charge in [0, 0.05) is 5.69 Å². The molecule has 0 fully saturated rings. The molecule has 0 unspecified atom stereocenters. The smallest absolute Gasteiger partial charge is 1.00 e. The van der Waals surface area contributed by atoms with Gasteiger partial charge in [0.2, 0.25) is 0 Å². The molecule has 0 spiro atoms. The van der Waals surface area contributed by atoms with Crippen LogP contribution in [0.5, 0.6) is 0 Å². The number of aliphatic hydroxyl groups is 1. The molecule has 14 heavy (non-hydrogen) atoms. The summed E-state index contributed by atoms with van der Waals surface area (Å²) in [6, 6.07) is 3.89. The number of anilines is 1. The number of nitrogen functional groups attached to an aromatic ring is 1. The molecule has 0 amide bonds. The average molecular weight is 227 g/mol. The van der Waals surface area contributed by atoms with Crippen molar-refractivity contribution in [3.63, 3.8) is 0 Å². The van der Waals surface area contributed by atoms with Crippen LogP contribution in [0.4, 0.5) is 5.69 Å².